The van der Waals surface area contributed by atoms with E-state index in [1.165, 1.54) is 18.2 Å². The first-order chi connectivity index (χ1) is 14.8. The molecule has 2 aromatic rings. The van der Waals surface area contributed by atoms with Crippen molar-refractivity contribution in [2.45, 2.75) is 6.42 Å². The highest BCUT2D eigenvalue weighted by Gasteiger charge is 2.22. The van der Waals surface area contributed by atoms with Crippen molar-refractivity contribution in [2.75, 3.05) is 5.43 Å². The molecule has 1 unspecified atom stereocenters. The molecule has 1 aliphatic rings. The zero-order valence-electron chi connectivity index (χ0n) is 15.7. The lowest BCUT2D eigenvalue weighted by Crippen LogP contribution is -2.06. The summed E-state index contributed by atoms with van der Waals surface area (Å²) in [7, 11) is 0. The van der Waals surface area contributed by atoms with E-state index in [9.17, 15) is 30.3 Å². The van der Waals surface area contributed by atoms with Gasteiger partial charge >= 0.3 is 5.69 Å². The number of hydrazone groups is 1. The number of pyridine rings is 1. The zero-order chi connectivity index (χ0) is 22.4. The quantitative estimate of drug-likeness (QED) is 0.374. The fourth-order valence-electron chi connectivity index (χ4n) is 2.54. The summed E-state index contributed by atoms with van der Waals surface area (Å²) in [6.07, 6.45) is 8.27. The van der Waals surface area contributed by atoms with Gasteiger partial charge in [0.15, 0.2) is 0 Å². The van der Waals surface area contributed by atoms with Crippen LogP contribution in [0.15, 0.2) is 65.6 Å². The van der Waals surface area contributed by atoms with E-state index in [4.69, 9.17) is 4.74 Å². The summed E-state index contributed by atoms with van der Waals surface area (Å²) in [6.45, 7) is 0. The predicted octanol–water partition coefficient (Wildman–Crippen LogP) is 3.74. The number of non-ortho nitro benzene ring substituents is 1. The van der Waals surface area contributed by atoms with Crippen molar-refractivity contribution in [3.8, 4) is 5.75 Å². The second-order valence-corrected chi connectivity index (χ2v) is 6.18. The van der Waals surface area contributed by atoms with Gasteiger partial charge in [0.2, 0.25) is 5.75 Å². The van der Waals surface area contributed by atoms with Crippen LogP contribution in [0.25, 0.3) is 0 Å². The molecule has 13 heteroatoms. The van der Waals surface area contributed by atoms with Gasteiger partial charge in [-0.1, -0.05) is 6.08 Å². The highest BCUT2D eigenvalue weighted by Crippen LogP contribution is 2.33. The van der Waals surface area contributed by atoms with Crippen molar-refractivity contribution < 1.29 is 19.5 Å². The lowest BCUT2D eigenvalue weighted by Gasteiger charge is -2.13. The number of benzene rings is 1. The Morgan fingerprint density at radius 3 is 2.39 bits per heavy atom. The highest BCUT2D eigenvalue weighted by atomic mass is 16.6. The summed E-state index contributed by atoms with van der Waals surface area (Å²) in [5.41, 5.74) is 1.62. The molecule has 158 valence electrons. The van der Waals surface area contributed by atoms with Crippen molar-refractivity contribution in [1.29, 1.82) is 0 Å². The Hall–Kier alpha value is -4.68. The molecule has 1 heterocycles. The molecule has 0 fully saturated rings. The summed E-state index contributed by atoms with van der Waals surface area (Å²) in [5.74, 6) is 0.493. The molecule has 0 saturated carbocycles. The number of nitro benzene ring substituents is 2. The number of ether oxygens (including phenoxy) is 1. The molecular formula is C18H14N6O7. The number of hydrogen-bond donors (Lipinski definition) is 1. The molecular weight excluding hydrogens is 412 g/mol. The first-order valence-corrected chi connectivity index (χ1v) is 8.72. The van der Waals surface area contributed by atoms with Crippen LogP contribution in [0.4, 0.5) is 22.9 Å². The van der Waals surface area contributed by atoms with E-state index in [1.807, 2.05) is 0 Å². The molecule has 31 heavy (non-hydrogen) atoms. The Bertz CT molecular complexity index is 1110. The third kappa shape index (κ3) is 5.44. The molecule has 0 amide bonds. The fraction of sp³-hybridized carbons (Fsp3) is 0.111. The van der Waals surface area contributed by atoms with Crippen LogP contribution < -0.4 is 10.2 Å². The van der Waals surface area contributed by atoms with Crippen LogP contribution in [0, 0.1) is 36.3 Å². The number of nitrogens with one attached hydrogen (secondary N) is 1. The van der Waals surface area contributed by atoms with Crippen LogP contribution in [0.5, 0.6) is 5.75 Å². The largest absolute Gasteiger partial charge is 0.450 e. The number of allylic oxidation sites excluding steroid dienone is 3. The SMILES string of the molecule is O=[N+]([O-])c1ccc(N/N=C/C2C=CC(Oc3ccc([N+](=O)[O-])cc3[N+](=O)[O-])=CC2)nc1. The van der Waals surface area contributed by atoms with Gasteiger partial charge in [0.05, 0.1) is 20.8 Å². The first kappa shape index (κ1) is 21.0. The summed E-state index contributed by atoms with van der Waals surface area (Å²) in [5, 5.41) is 36.6. The summed E-state index contributed by atoms with van der Waals surface area (Å²) >= 11 is 0. The van der Waals surface area contributed by atoms with Gasteiger partial charge in [0.25, 0.3) is 11.4 Å². The third-order valence-electron chi connectivity index (χ3n) is 4.08. The Morgan fingerprint density at radius 1 is 1.06 bits per heavy atom. The summed E-state index contributed by atoms with van der Waals surface area (Å²) in [4.78, 5) is 34.4. The Morgan fingerprint density at radius 2 is 1.81 bits per heavy atom. The molecule has 0 aliphatic heterocycles. The molecule has 1 aliphatic carbocycles. The van der Waals surface area contributed by atoms with Crippen molar-refractivity contribution >= 4 is 29.1 Å². The molecule has 0 saturated heterocycles. The van der Waals surface area contributed by atoms with Gasteiger partial charge in [-0.05, 0) is 30.7 Å². The van der Waals surface area contributed by atoms with E-state index in [0.717, 1.165) is 18.3 Å². The highest BCUT2D eigenvalue weighted by molar-refractivity contribution is 5.65. The maximum atomic E-state index is 11.2. The number of rotatable bonds is 8. The van der Waals surface area contributed by atoms with Crippen molar-refractivity contribution in [2.24, 2.45) is 11.0 Å². The average Bonchev–Trinajstić information content (AvgIpc) is 2.75. The third-order valence-corrected chi connectivity index (χ3v) is 4.08. The second kappa shape index (κ2) is 9.21. The standard InChI is InChI=1S/C18H14N6O7/c25-22(26)13-3-7-17(16(9-13)24(29)30)31-15-5-1-12(2-6-15)10-20-21-18-8-4-14(11-19-18)23(27)28/h1,3-12H,2H2,(H,19,21)/b20-10+. The van der Waals surface area contributed by atoms with Gasteiger partial charge in [-0.2, -0.15) is 5.10 Å². The van der Waals surface area contributed by atoms with E-state index in [0.29, 0.717) is 18.0 Å². The molecule has 13 nitrogen and oxygen atoms in total. The Balaban J connectivity index is 1.59. The van der Waals surface area contributed by atoms with Crippen molar-refractivity contribution in [1.82, 2.24) is 4.98 Å². The predicted molar refractivity (Wildman–Crippen MR) is 109 cm³/mol. The molecule has 0 spiro atoms. The number of anilines is 1. The maximum Gasteiger partial charge on any atom is 0.318 e. The average molecular weight is 426 g/mol. The van der Waals surface area contributed by atoms with Crippen LogP contribution >= 0.6 is 0 Å². The van der Waals surface area contributed by atoms with Gasteiger partial charge in [-0.25, -0.2) is 4.98 Å². The Labute approximate surface area is 173 Å². The topological polar surface area (TPSA) is 176 Å². The smallest absolute Gasteiger partial charge is 0.318 e. The first-order valence-electron chi connectivity index (χ1n) is 8.72. The molecule has 3 rings (SSSR count). The van der Waals surface area contributed by atoms with Crippen LogP contribution in [0.2, 0.25) is 0 Å². The van der Waals surface area contributed by atoms with Gasteiger partial charge < -0.3 is 4.74 Å². The molecule has 0 bridgehead atoms. The molecule has 1 N–H and O–H groups in total. The van der Waals surface area contributed by atoms with E-state index >= 15 is 0 Å². The number of hydrogen-bond acceptors (Lipinski definition) is 10. The molecule has 1 atom stereocenters. The minimum absolute atomic E-state index is 0.0928. The van der Waals surface area contributed by atoms with Crippen LogP contribution in [0.3, 0.4) is 0 Å². The molecule has 1 aromatic carbocycles. The normalized spacial score (nSPS) is 15.4. The van der Waals surface area contributed by atoms with E-state index in [2.05, 4.69) is 15.5 Å². The van der Waals surface area contributed by atoms with Crippen LogP contribution in [-0.2, 0) is 0 Å². The summed E-state index contributed by atoms with van der Waals surface area (Å²) in [6, 6.07) is 5.88. The monoisotopic (exact) mass is 426 g/mol. The van der Waals surface area contributed by atoms with Crippen molar-refractivity contribution in [3.63, 3.8) is 0 Å². The molecule has 1 aromatic heterocycles. The van der Waals surface area contributed by atoms with E-state index < -0.39 is 26.1 Å². The van der Waals surface area contributed by atoms with Gasteiger partial charge in [-0.3, -0.25) is 35.8 Å². The summed E-state index contributed by atoms with van der Waals surface area (Å²) < 4.78 is 5.52. The van der Waals surface area contributed by atoms with Crippen LogP contribution in [0.1, 0.15) is 6.42 Å². The molecule has 0 radical (unpaired) electrons. The zero-order valence-corrected chi connectivity index (χ0v) is 15.7. The lowest BCUT2D eigenvalue weighted by molar-refractivity contribution is -0.394. The van der Waals surface area contributed by atoms with Crippen molar-refractivity contribution in [3.05, 3.63) is 90.9 Å². The number of nitrogens with zero attached hydrogens (tertiary/aromatic N) is 5. The van der Waals surface area contributed by atoms with Gasteiger partial charge in [-0.15, -0.1) is 0 Å². The Kier molecular flexibility index (Phi) is 6.25. The minimum Gasteiger partial charge on any atom is -0.450 e. The second-order valence-electron chi connectivity index (χ2n) is 6.18. The van der Waals surface area contributed by atoms with E-state index in [1.54, 1.807) is 24.4 Å². The van der Waals surface area contributed by atoms with E-state index in [-0.39, 0.29) is 17.4 Å². The van der Waals surface area contributed by atoms with Gasteiger partial charge in [0, 0.05) is 24.3 Å². The number of nitro groups is 3. The minimum atomic E-state index is -0.747. The number of aromatic nitrogens is 1. The lowest BCUT2D eigenvalue weighted by atomic mass is 10.0. The maximum absolute atomic E-state index is 11.2. The van der Waals surface area contributed by atoms with Crippen LogP contribution in [-0.4, -0.2) is 26.0 Å². The fourth-order valence-corrected chi connectivity index (χ4v) is 2.54. The van der Waals surface area contributed by atoms with Gasteiger partial charge in [0.1, 0.15) is 17.8 Å².